The number of amides is 2. The molecule has 1 aliphatic rings. The fourth-order valence-corrected chi connectivity index (χ4v) is 2.35. The van der Waals surface area contributed by atoms with Gasteiger partial charge in [0.25, 0.3) is 5.89 Å². The summed E-state index contributed by atoms with van der Waals surface area (Å²) in [5.74, 6) is 0.439. The van der Waals surface area contributed by atoms with Crippen molar-refractivity contribution in [1.82, 2.24) is 25.7 Å². The maximum absolute atomic E-state index is 12.3. The van der Waals surface area contributed by atoms with Crippen LogP contribution in [-0.4, -0.2) is 53.0 Å². The molecule has 2 heterocycles. The van der Waals surface area contributed by atoms with E-state index in [2.05, 4.69) is 20.8 Å². The highest BCUT2D eigenvalue weighted by atomic mass is 16.5. The van der Waals surface area contributed by atoms with Gasteiger partial charge in [0.15, 0.2) is 5.82 Å². The van der Waals surface area contributed by atoms with Gasteiger partial charge in [-0.1, -0.05) is 23.4 Å². The van der Waals surface area contributed by atoms with Crippen molar-refractivity contribution in [2.75, 3.05) is 20.1 Å². The van der Waals surface area contributed by atoms with Crippen molar-refractivity contribution < 1.29 is 14.1 Å². The SMILES string of the molecule is CN(Cc1noc(-c2ccccc2)n1)C(=O)[C@H]1CNCC(=O)N1. The molecule has 1 aromatic heterocycles. The van der Waals surface area contributed by atoms with E-state index < -0.39 is 6.04 Å². The van der Waals surface area contributed by atoms with Crippen LogP contribution in [0.15, 0.2) is 34.9 Å². The molecule has 0 aliphatic carbocycles. The van der Waals surface area contributed by atoms with Gasteiger partial charge in [-0.05, 0) is 12.1 Å². The van der Waals surface area contributed by atoms with Crippen LogP contribution < -0.4 is 10.6 Å². The molecule has 23 heavy (non-hydrogen) atoms. The summed E-state index contributed by atoms with van der Waals surface area (Å²) in [4.78, 5) is 29.4. The maximum atomic E-state index is 12.3. The molecule has 2 amide bonds. The molecule has 1 fully saturated rings. The average molecular weight is 315 g/mol. The molecular weight excluding hydrogens is 298 g/mol. The van der Waals surface area contributed by atoms with Crippen molar-refractivity contribution in [3.8, 4) is 11.5 Å². The first-order valence-corrected chi connectivity index (χ1v) is 7.26. The monoisotopic (exact) mass is 315 g/mol. The van der Waals surface area contributed by atoms with E-state index in [-0.39, 0.29) is 24.9 Å². The van der Waals surface area contributed by atoms with E-state index in [0.29, 0.717) is 18.3 Å². The van der Waals surface area contributed by atoms with Crippen LogP contribution in [-0.2, 0) is 16.1 Å². The zero-order valence-electron chi connectivity index (χ0n) is 12.7. The Labute approximate surface area is 132 Å². The van der Waals surface area contributed by atoms with Crippen molar-refractivity contribution >= 4 is 11.8 Å². The molecule has 0 radical (unpaired) electrons. The van der Waals surface area contributed by atoms with E-state index in [9.17, 15) is 9.59 Å². The summed E-state index contributed by atoms with van der Waals surface area (Å²) < 4.78 is 5.21. The average Bonchev–Trinajstić information content (AvgIpc) is 3.03. The standard InChI is InChI=1S/C15H17N5O3/c1-20(15(22)11-7-16-8-13(21)17-11)9-12-18-14(23-19-12)10-5-3-2-4-6-10/h2-6,11,16H,7-9H2,1H3,(H,17,21)/t11-/m1/s1. The van der Waals surface area contributed by atoms with E-state index in [0.717, 1.165) is 5.56 Å². The third kappa shape index (κ3) is 3.54. The number of carbonyl (C=O) groups excluding carboxylic acids is 2. The van der Waals surface area contributed by atoms with Crippen molar-refractivity contribution in [3.63, 3.8) is 0 Å². The predicted molar refractivity (Wildman–Crippen MR) is 81.0 cm³/mol. The lowest BCUT2D eigenvalue weighted by Crippen LogP contribution is -2.58. The second kappa shape index (κ2) is 6.57. The number of carbonyl (C=O) groups is 2. The molecule has 1 atom stereocenters. The van der Waals surface area contributed by atoms with Gasteiger partial charge in [-0.25, -0.2) is 0 Å². The van der Waals surface area contributed by atoms with Crippen molar-refractivity contribution in [3.05, 3.63) is 36.2 Å². The Bertz CT molecular complexity index is 700. The van der Waals surface area contributed by atoms with E-state index in [1.807, 2.05) is 30.3 Å². The first-order valence-electron chi connectivity index (χ1n) is 7.26. The Morgan fingerprint density at radius 3 is 2.91 bits per heavy atom. The minimum atomic E-state index is -0.568. The Morgan fingerprint density at radius 2 is 2.17 bits per heavy atom. The molecule has 2 N–H and O–H groups in total. The quantitative estimate of drug-likeness (QED) is 0.809. The van der Waals surface area contributed by atoms with Gasteiger partial charge >= 0.3 is 0 Å². The lowest BCUT2D eigenvalue weighted by atomic mass is 10.2. The summed E-state index contributed by atoms with van der Waals surface area (Å²) in [6.07, 6.45) is 0. The van der Waals surface area contributed by atoms with Crippen LogP contribution in [0.2, 0.25) is 0 Å². The summed E-state index contributed by atoms with van der Waals surface area (Å²) in [7, 11) is 1.64. The number of rotatable bonds is 4. The minimum absolute atomic E-state index is 0.186. The molecule has 3 rings (SSSR count). The summed E-state index contributed by atoms with van der Waals surface area (Å²) in [5.41, 5.74) is 0.823. The second-order valence-electron chi connectivity index (χ2n) is 5.33. The zero-order valence-corrected chi connectivity index (χ0v) is 12.7. The topological polar surface area (TPSA) is 100 Å². The molecule has 0 saturated carbocycles. The molecule has 1 aliphatic heterocycles. The highest BCUT2D eigenvalue weighted by molar-refractivity contribution is 5.89. The van der Waals surface area contributed by atoms with E-state index in [4.69, 9.17) is 4.52 Å². The summed E-state index contributed by atoms with van der Waals surface area (Å²) >= 11 is 0. The second-order valence-corrected chi connectivity index (χ2v) is 5.33. The van der Waals surface area contributed by atoms with Crippen molar-refractivity contribution in [1.29, 1.82) is 0 Å². The molecule has 1 aromatic carbocycles. The van der Waals surface area contributed by atoms with E-state index in [1.54, 1.807) is 7.05 Å². The van der Waals surface area contributed by atoms with Gasteiger partial charge in [0, 0.05) is 19.2 Å². The van der Waals surface area contributed by atoms with Gasteiger partial charge in [-0.3, -0.25) is 9.59 Å². The van der Waals surface area contributed by atoms with Crippen molar-refractivity contribution in [2.24, 2.45) is 0 Å². The highest BCUT2D eigenvalue weighted by Crippen LogP contribution is 2.16. The molecule has 2 aromatic rings. The Balaban J connectivity index is 1.64. The molecule has 0 bridgehead atoms. The fraction of sp³-hybridized carbons (Fsp3) is 0.333. The largest absolute Gasteiger partial charge is 0.342 e. The van der Waals surface area contributed by atoms with Crippen LogP contribution in [0.1, 0.15) is 5.82 Å². The van der Waals surface area contributed by atoms with Gasteiger partial charge in [0.05, 0.1) is 13.1 Å². The molecule has 0 unspecified atom stereocenters. The van der Waals surface area contributed by atoms with Crippen LogP contribution in [0.4, 0.5) is 0 Å². The Hall–Kier alpha value is -2.74. The van der Waals surface area contributed by atoms with Gasteiger partial charge in [0.2, 0.25) is 11.8 Å². The van der Waals surface area contributed by atoms with E-state index >= 15 is 0 Å². The molecule has 1 saturated heterocycles. The Kier molecular flexibility index (Phi) is 4.33. The minimum Gasteiger partial charge on any atom is -0.342 e. The number of aromatic nitrogens is 2. The summed E-state index contributed by atoms with van der Waals surface area (Å²) in [6.45, 7) is 0.858. The maximum Gasteiger partial charge on any atom is 0.257 e. The first-order chi connectivity index (χ1) is 11.1. The lowest BCUT2D eigenvalue weighted by Gasteiger charge is -2.27. The number of piperazine rings is 1. The van der Waals surface area contributed by atoms with Crippen LogP contribution in [0.3, 0.4) is 0 Å². The smallest absolute Gasteiger partial charge is 0.257 e. The third-order valence-electron chi connectivity index (χ3n) is 3.51. The van der Waals surface area contributed by atoms with Gasteiger partial charge in [-0.15, -0.1) is 0 Å². The number of hydrogen-bond acceptors (Lipinski definition) is 6. The van der Waals surface area contributed by atoms with Gasteiger partial charge < -0.3 is 20.1 Å². The molecule has 0 spiro atoms. The summed E-state index contributed by atoms with van der Waals surface area (Å²) in [6, 6.07) is 8.84. The fourth-order valence-electron chi connectivity index (χ4n) is 2.35. The first kappa shape index (κ1) is 15.2. The number of nitrogens with zero attached hydrogens (tertiary/aromatic N) is 3. The zero-order chi connectivity index (χ0) is 16.2. The van der Waals surface area contributed by atoms with Crippen LogP contribution in [0.5, 0.6) is 0 Å². The lowest BCUT2D eigenvalue weighted by molar-refractivity contribution is -0.136. The third-order valence-corrected chi connectivity index (χ3v) is 3.51. The number of nitrogens with one attached hydrogen (secondary N) is 2. The van der Waals surface area contributed by atoms with Crippen LogP contribution in [0, 0.1) is 0 Å². The number of likely N-dealkylation sites (N-methyl/N-ethyl adjacent to an activating group) is 1. The van der Waals surface area contributed by atoms with Crippen LogP contribution >= 0.6 is 0 Å². The van der Waals surface area contributed by atoms with E-state index in [1.165, 1.54) is 4.90 Å². The Morgan fingerprint density at radius 1 is 1.39 bits per heavy atom. The molecule has 8 heteroatoms. The normalized spacial score (nSPS) is 17.6. The van der Waals surface area contributed by atoms with Gasteiger partial charge in [-0.2, -0.15) is 4.98 Å². The predicted octanol–water partition coefficient (Wildman–Crippen LogP) is -0.217. The molecule has 8 nitrogen and oxygen atoms in total. The molecular formula is C15H17N5O3. The van der Waals surface area contributed by atoms with Gasteiger partial charge in [0.1, 0.15) is 6.04 Å². The number of hydrogen-bond donors (Lipinski definition) is 2. The van der Waals surface area contributed by atoms with Crippen molar-refractivity contribution in [2.45, 2.75) is 12.6 Å². The molecule has 120 valence electrons. The highest BCUT2D eigenvalue weighted by Gasteiger charge is 2.27. The number of benzene rings is 1. The van der Waals surface area contributed by atoms with Crippen LogP contribution in [0.25, 0.3) is 11.5 Å². The summed E-state index contributed by atoms with van der Waals surface area (Å²) in [5, 5.41) is 9.45.